The summed E-state index contributed by atoms with van der Waals surface area (Å²) in [6.07, 6.45) is 0. The first kappa shape index (κ1) is 14.5. The molecular formula is C17H20FNO. The molecule has 2 rings (SSSR count). The van der Waals surface area contributed by atoms with Crippen molar-refractivity contribution < 1.29 is 9.13 Å². The van der Waals surface area contributed by atoms with Gasteiger partial charge in [0.05, 0.1) is 7.11 Å². The fourth-order valence-electron chi connectivity index (χ4n) is 2.26. The van der Waals surface area contributed by atoms with Crippen LogP contribution in [0.1, 0.15) is 18.1 Å². The quantitative estimate of drug-likeness (QED) is 0.891. The second kappa shape index (κ2) is 6.53. The summed E-state index contributed by atoms with van der Waals surface area (Å²) in [7, 11) is 1.66. The fraction of sp³-hybridized carbons (Fsp3) is 0.294. The van der Waals surface area contributed by atoms with Crippen LogP contribution >= 0.6 is 0 Å². The van der Waals surface area contributed by atoms with Gasteiger partial charge in [0.2, 0.25) is 0 Å². The van der Waals surface area contributed by atoms with Crippen molar-refractivity contribution in [3.63, 3.8) is 0 Å². The topological polar surface area (TPSA) is 21.3 Å². The molecule has 0 aromatic heterocycles. The minimum absolute atomic E-state index is 0.174. The molecule has 106 valence electrons. The molecule has 1 N–H and O–H groups in total. The summed E-state index contributed by atoms with van der Waals surface area (Å²) in [6, 6.07) is 11.1. The predicted molar refractivity (Wildman–Crippen MR) is 80.5 cm³/mol. The molecule has 2 aromatic rings. The Morgan fingerprint density at radius 1 is 1.20 bits per heavy atom. The van der Waals surface area contributed by atoms with Gasteiger partial charge in [0.1, 0.15) is 11.6 Å². The molecule has 0 radical (unpaired) electrons. The zero-order chi connectivity index (χ0) is 14.5. The van der Waals surface area contributed by atoms with Crippen molar-refractivity contribution in [3.8, 4) is 16.9 Å². The first-order valence-electron chi connectivity index (χ1n) is 6.80. The molecule has 0 aliphatic carbocycles. The van der Waals surface area contributed by atoms with Crippen molar-refractivity contribution in [2.45, 2.75) is 20.4 Å². The maximum absolute atomic E-state index is 13.7. The molecule has 2 aromatic carbocycles. The van der Waals surface area contributed by atoms with E-state index in [0.717, 1.165) is 35.5 Å². The number of methoxy groups -OCH3 is 1. The summed E-state index contributed by atoms with van der Waals surface area (Å²) in [4.78, 5) is 0. The number of halogens is 1. The molecule has 0 saturated heterocycles. The van der Waals surface area contributed by atoms with E-state index in [1.165, 1.54) is 6.07 Å². The maximum atomic E-state index is 13.7. The average Bonchev–Trinajstić information content (AvgIpc) is 2.47. The molecule has 0 aliphatic heterocycles. The Hall–Kier alpha value is -1.87. The van der Waals surface area contributed by atoms with Crippen molar-refractivity contribution in [2.75, 3.05) is 13.7 Å². The Morgan fingerprint density at radius 2 is 2.00 bits per heavy atom. The number of rotatable bonds is 5. The smallest absolute Gasteiger partial charge is 0.126 e. The van der Waals surface area contributed by atoms with Gasteiger partial charge in [-0.2, -0.15) is 0 Å². The third-order valence-corrected chi connectivity index (χ3v) is 3.42. The van der Waals surface area contributed by atoms with Gasteiger partial charge in [-0.3, -0.25) is 0 Å². The van der Waals surface area contributed by atoms with Crippen molar-refractivity contribution in [1.82, 2.24) is 5.32 Å². The molecular weight excluding hydrogens is 253 g/mol. The van der Waals surface area contributed by atoms with Gasteiger partial charge >= 0.3 is 0 Å². The van der Waals surface area contributed by atoms with E-state index in [-0.39, 0.29) is 5.82 Å². The van der Waals surface area contributed by atoms with Gasteiger partial charge in [-0.15, -0.1) is 0 Å². The highest BCUT2D eigenvalue weighted by molar-refractivity contribution is 5.69. The average molecular weight is 273 g/mol. The van der Waals surface area contributed by atoms with Crippen LogP contribution in [0.15, 0.2) is 36.4 Å². The van der Waals surface area contributed by atoms with Gasteiger partial charge in [0.25, 0.3) is 0 Å². The van der Waals surface area contributed by atoms with Crippen LogP contribution in [0.3, 0.4) is 0 Å². The Balaban J connectivity index is 2.44. The highest BCUT2D eigenvalue weighted by Crippen LogP contribution is 2.29. The van der Waals surface area contributed by atoms with Crippen molar-refractivity contribution in [1.29, 1.82) is 0 Å². The van der Waals surface area contributed by atoms with E-state index in [2.05, 4.69) is 18.3 Å². The first-order valence-corrected chi connectivity index (χ1v) is 6.80. The van der Waals surface area contributed by atoms with Gasteiger partial charge in [-0.25, -0.2) is 4.39 Å². The SMILES string of the molecule is CCNCc1cc(-c2cccc(F)c2C)ccc1OC. The van der Waals surface area contributed by atoms with Crippen molar-refractivity contribution in [3.05, 3.63) is 53.3 Å². The van der Waals surface area contributed by atoms with Gasteiger partial charge in [0.15, 0.2) is 0 Å². The molecule has 0 saturated carbocycles. The lowest BCUT2D eigenvalue weighted by Gasteiger charge is -2.13. The number of hydrogen-bond acceptors (Lipinski definition) is 2. The molecule has 20 heavy (non-hydrogen) atoms. The van der Waals surface area contributed by atoms with E-state index in [9.17, 15) is 4.39 Å². The minimum atomic E-state index is -0.174. The second-order valence-electron chi connectivity index (χ2n) is 4.72. The summed E-state index contributed by atoms with van der Waals surface area (Å²) in [6.45, 7) is 5.50. The second-order valence-corrected chi connectivity index (χ2v) is 4.72. The monoisotopic (exact) mass is 273 g/mol. The summed E-state index contributed by atoms with van der Waals surface area (Å²) in [5, 5.41) is 3.29. The molecule has 0 heterocycles. The molecule has 0 unspecified atom stereocenters. The normalized spacial score (nSPS) is 10.6. The van der Waals surface area contributed by atoms with E-state index in [1.54, 1.807) is 20.1 Å². The van der Waals surface area contributed by atoms with Gasteiger partial charge in [-0.05, 0) is 48.4 Å². The van der Waals surface area contributed by atoms with Crippen LogP contribution in [-0.2, 0) is 6.54 Å². The van der Waals surface area contributed by atoms with Gasteiger partial charge in [-0.1, -0.05) is 25.1 Å². The Morgan fingerprint density at radius 3 is 2.70 bits per heavy atom. The molecule has 0 bridgehead atoms. The molecule has 3 heteroatoms. The number of benzene rings is 2. The lowest BCUT2D eigenvalue weighted by Crippen LogP contribution is -2.12. The lowest BCUT2D eigenvalue weighted by atomic mass is 9.98. The third-order valence-electron chi connectivity index (χ3n) is 3.42. The van der Waals surface area contributed by atoms with Crippen LogP contribution in [-0.4, -0.2) is 13.7 Å². The van der Waals surface area contributed by atoms with E-state index in [1.807, 2.05) is 18.2 Å². The zero-order valence-electron chi connectivity index (χ0n) is 12.2. The van der Waals surface area contributed by atoms with Gasteiger partial charge in [0, 0.05) is 12.1 Å². The van der Waals surface area contributed by atoms with Gasteiger partial charge < -0.3 is 10.1 Å². The molecule has 0 amide bonds. The summed E-state index contributed by atoms with van der Waals surface area (Å²) in [5.41, 5.74) is 3.68. The fourth-order valence-corrected chi connectivity index (χ4v) is 2.26. The summed E-state index contributed by atoms with van der Waals surface area (Å²) in [5.74, 6) is 0.676. The van der Waals surface area contributed by atoms with Crippen molar-refractivity contribution in [2.24, 2.45) is 0 Å². The van der Waals surface area contributed by atoms with Crippen LogP contribution in [0, 0.1) is 12.7 Å². The summed E-state index contributed by atoms with van der Waals surface area (Å²) >= 11 is 0. The first-order chi connectivity index (χ1) is 9.67. The number of nitrogens with one attached hydrogen (secondary N) is 1. The van der Waals surface area contributed by atoms with Crippen LogP contribution < -0.4 is 10.1 Å². The van der Waals surface area contributed by atoms with Crippen LogP contribution in [0.4, 0.5) is 4.39 Å². The van der Waals surface area contributed by atoms with Crippen LogP contribution in [0.5, 0.6) is 5.75 Å². The van der Waals surface area contributed by atoms with E-state index >= 15 is 0 Å². The largest absolute Gasteiger partial charge is 0.496 e. The zero-order valence-corrected chi connectivity index (χ0v) is 12.2. The molecule has 0 fully saturated rings. The Kier molecular flexibility index (Phi) is 4.74. The highest BCUT2D eigenvalue weighted by Gasteiger charge is 2.09. The van der Waals surface area contributed by atoms with E-state index in [4.69, 9.17) is 4.74 Å². The van der Waals surface area contributed by atoms with Crippen molar-refractivity contribution >= 4 is 0 Å². The number of hydrogen-bond donors (Lipinski definition) is 1. The standard InChI is InChI=1S/C17H20FNO/c1-4-19-11-14-10-13(8-9-17(14)20-3)15-6-5-7-16(18)12(15)2/h5-10,19H,4,11H2,1-3H3. The van der Waals surface area contributed by atoms with Crippen LogP contribution in [0.25, 0.3) is 11.1 Å². The van der Waals surface area contributed by atoms with E-state index < -0.39 is 0 Å². The third kappa shape index (κ3) is 2.99. The molecule has 2 nitrogen and oxygen atoms in total. The Bertz CT molecular complexity index is 596. The van der Waals surface area contributed by atoms with E-state index in [0.29, 0.717) is 5.56 Å². The van der Waals surface area contributed by atoms with Crippen LogP contribution in [0.2, 0.25) is 0 Å². The lowest BCUT2D eigenvalue weighted by molar-refractivity contribution is 0.408. The highest BCUT2D eigenvalue weighted by atomic mass is 19.1. The molecule has 0 atom stereocenters. The minimum Gasteiger partial charge on any atom is -0.496 e. The number of ether oxygens (including phenoxy) is 1. The molecule has 0 aliphatic rings. The Labute approximate surface area is 119 Å². The maximum Gasteiger partial charge on any atom is 0.126 e. The molecule has 0 spiro atoms. The predicted octanol–water partition coefficient (Wildman–Crippen LogP) is 3.92. The summed E-state index contributed by atoms with van der Waals surface area (Å²) < 4.78 is 19.0.